The van der Waals surface area contributed by atoms with Crippen LogP contribution in [0.1, 0.15) is 32.1 Å². The molecule has 0 spiro atoms. The van der Waals surface area contributed by atoms with E-state index >= 15 is 0 Å². The summed E-state index contributed by atoms with van der Waals surface area (Å²) in [6, 6.07) is 6.99. The van der Waals surface area contributed by atoms with E-state index in [4.69, 9.17) is 9.47 Å². The van der Waals surface area contributed by atoms with Gasteiger partial charge in [0, 0.05) is 25.4 Å². The molecule has 136 valence electrons. The van der Waals surface area contributed by atoms with Gasteiger partial charge in [-0.25, -0.2) is 0 Å². The summed E-state index contributed by atoms with van der Waals surface area (Å²) in [5.41, 5.74) is 0.353. The fourth-order valence-corrected chi connectivity index (χ4v) is 3.67. The van der Waals surface area contributed by atoms with E-state index in [2.05, 4.69) is 5.32 Å². The number of hydrogen-bond acceptors (Lipinski definition) is 4. The largest absolute Gasteiger partial charge is 0.497 e. The van der Waals surface area contributed by atoms with E-state index in [1.54, 1.807) is 19.1 Å². The van der Waals surface area contributed by atoms with E-state index < -0.39 is 11.5 Å². The lowest BCUT2D eigenvalue weighted by Crippen LogP contribution is -2.57. The third-order valence-electron chi connectivity index (χ3n) is 5.32. The van der Waals surface area contributed by atoms with Gasteiger partial charge in [-0.1, -0.05) is 12.5 Å². The lowest BCUT2D eigenvalue weighted by Gasteiger charge is -2.41. The lowest BCUT2D eigenvalue weighted by atomic mass is 9.68. The quantitative estimate of drug-likeness (QED) is 0.857. The normalized spacial score (nSPS) is 22.2. The summed E-state index contributed by atoms with van der Waals surface area (Å²) in [5, 5.41) is 2.98. The molecular formula is C19H26N2O4. The molecule has 2 amide bonds. The van der Waals surface area contributed by atoms with Crippen LogP contribution in [-0.4, -0.2) is 45.2 Å². The molecule has 2 fully saturated rings. The van der Waals surface area contributed by atoms with Gasteiger partial charge in [-0.2, -0.15) is 0 Å². The Labute approximate surface area is 148 Å². The number of piperidine rings is 1. The molecule has 1 atom stereocenters. The van der Waals surface area contributed by atoms with E-state index in [0.29, 0.717) is 25.3 Å². The van der Waals surface area contributed by atoms with Crippen molar-refractivity contribution in [1.82, 2.24) is 5.32 Å². The molecule has 0 unspecified atom stereocenters. The van der Waals surface area contributed by atoms with Gasteiger partial charge >= 0.3 is 0 Å². The Morgan fingerprint density at radius 3 is 2.76 bits per heavy atom. The van der Waals surface area contributed by atoms with Crippen LogP contribution in [0.15, 0.2) is 24.3 Å². The van der Waals surface area contributed by atoms with Gasteiger partial charge in [0.1, 0.15) is 11.8 Å². The van der Waals surface area contributed by atoms with Gasteiger partial charge in [-0.15, -0.1) is 0 Å². The monoisotopic (exact) mass is 346 g/mol. The minimum absolute atomic E-state index is 0.0496. The number of amides is 2. The van der Waals surface area contributed by atoms with Crippen molar-refractivity contribution in [2.24, 2.45) is 5.41 Å². The van der Waals surface area contributed by atoms with Gasteiger partial charge in [-0.05, 0) is 37.8 Å². The molecule has 0 bridgehead atoms. The Morgan fingerprint density at radius 1 is 1.32 bits per heavy atom. The molecule has 25 heavy (non-hydrogen) atoms. The Kier molecular flexibility index (Phi) is 5.27. The fourth-order valence-electron chi connectivity index (χ4n) is 3.67. The number of carbonyl (C=O) groups is 2. The minimum atomic E-state index is -0.471. The van der Waals surface area contributed by atoms with Gasteiger partial charge < -0.3 is 19.7 Å². The van der Waals surface area contributed by atoms with E-state index in [1.165, 1.54) is 0 Å². The molecule has 1 aliphatic carbocycles. The van der Waals surface area contributed by atoms with Crippen LogP contribution in [0.2, 0.25) is 0 Å². The van der Waals surface area contributed by atoms with E-state index in [9.17, 15) is 9.59 Å². The molecule has 1 aromatic rings. The first-order valence-electron chi connectivity index (χ1n) is 8.85. The van der Waals surface area contributed by atoms with Crippen LogP contribution in [0.3, 0.4) is 0 Å². The molecule has 1 aliphatic heterocycles. The number of methoxy groups -OCH3 is 2. The van der Waals surface area contributed by atoms with Crippen molar-refractivity contribution in [2.45, 2.75) is 38.1 Å². The van der Waals surface area contributed by atoms with Crippen molar-refractivity contribution in [1.29, 1.82) is 0 Å². The molecule has 1 heterocycles. The molecule has 1 aromatic carbocycles. The standard InChI is InChI=1S/C19H26N2O4/c1-24-13-19(9-5-10-19)18(23)20-16-8-4-11-21(17(16)22)14-6-3-7-15(12-14)25-2/h3,6-7,12,16H,4-5,8-11,13H2,1-2H3,(H,20,23)/t16-/m0/s1. The average molecular weight is 346 g/mol. The maximum atomic E-state index is 12.9. The molecule has 2 aliphatic rings. The third-order valence-corrected chi connectivity index (χ3v) is 5.32. The van der Waals surface area contributed by atoms with Crippen molar-refractivity contribution in [3.63, 3.8) is 0 Å². The molecular weight excluding hydrogens is 320 g/mol. The zero-order valence-corrected chi connectivity index (χ0v) is 14.9. The van der Waals surface area contributed by atoms with E-state index in [-0.39, 0.29) is 11.8 Å². The summed E-state index contributed by atoms with van der Waals surface area (Å²) >= 11 is 0. The van der Waals surface area contributed by atoms with Crippen molar-refractivity contribution < 1.29 is 19.1 Å². The molecule has 6 nitrogen and oxygen atoms in total. The van der Waals surface area contributed by atoms with E-state index in [0.717, 1.165) is 31.4 Å². The highest BCUT2D eigenvalue weighted by atomic mass is 16.5. The molecule has 1 N–H and O–H groups in total. The van der Waals surface area contributed by atoms with Gasteiger partial charge in [0.2, 0.25) is 11.8 Å². The summed E-state index contributed by atoms with van der Waals surface area (Å²) in [6.07, 6.45) is 4.21. The van der Waals surface area contributed by atoms with Gasteiger partial charge in [0.15, 0.2) is 0 Å². The number of benzene rings is 1. The molecule has 1 saturated heterocycles. The second-order valence-corrected chi connectivity index (χ2v) is 6.93. The van der Waals surface area contributed by atoms with E-state index in [1.807, 2.05) is 24.3 Å². The maximum absolute atomic E-state index is 12.9. The highest BCUT2D eigenvalue weighted by molar-refractivity contribution is 6.00. The summed E-state index contributed by atoms with van der Waals surface area (Å²) in [5.74, 6) is 0.608. The number of ether oxygens (including phenoxy) is 2. The summed E-state index contributed by atoms with van der Waals surface area (Å²) in [6.45, 7) is 1.07. The summed E-state index contributed by atoms with van der Waals surface area (Å²) in [7, 11) is 3.22. The number of carbonyl (C=O) groups excluding carboxylic acids is 2. The first-order chi connectivity index (χ1) is 12.1. The molecule has 0 aromatic heterocycles. The number of anilines is 1. The Morgan fingerprint density at radius 2 is 2.12 bits per heavy atom. The minimum Gasteiger partial charge on any atom is -0.497 e. The molecule has 6 heteroatoms. The second kappa shape index (κ2) is 7.44. The predicted octanol–water partition coefficient (Wildman–Crippen LogP) is 2.12. The maximum Gasteiger partial charge on any atom is 0.249 e. The van der Waals surface area contributed by atoms with Gasteiger partial charge in [-0.3, -0.25) is 9.59 Å². The first kappa shape index (κ1) is 17.7. The number of rotatable bonds is 6. The Balaban J connectivity index is 1.70. The van der Waals surface area contributed by atoms with Gasteiger partial charge in [0.25, 0.3) is 0 Å². The van der Waals surface area contributed by atoms with Crippen LogP contribution in [0, 0.1) is 5.41 Å². The average Bonchev–Trinajstić information content (AvgIpc) is 2.59. The molecule has 1 saturated carbocycles. The smallest absolute Gasteiger partial charge is 0.249 e. The SMILES string of the molecule is COCC1(C(=O)N[C@H]2CCCN(c3cccc(OC)c3)C2=O)CCC1. The van der Waals surface area contributed by atoms with Crippen molar-refractivity contribution in [2.75, 3.05) is 32.3 Å². The van der Waals surface area contributed by atoms with Crippen LogP contribution in [0.4, 0.5) is 5.69 Å². The lowest BCUT2D eigenvalue weighted by molar-refractivity contribution is -0.143. The number of hydrogen-bond donors (Lipinski definition) is 1. The summed E-state index contributed by atoms with van der Waals surface area (Å²) < 4.78 is 10.5. The van der Waals surface area contributed by atoms with Crippen LogP contribution in [-0.2, 0) is 14.3 Å². The second-order valence-electron chi connectivity index (χ2n) is 6.93. The van der Waals surface area contributed by atoms with Crippen molar-refractivity contribution in [3.8, 4) is 5.75 Å². The zero-order valence-electron chi connectivity index (χ0n) is 14.9. The Bertz CT molecular complexity index is 642. The third kappa shape index (κ3) is 3.49. The predicted molar refractivity (Wildman–Crippen MR) is 94.7 cm³/mol. The van der Waals surface area contributed by atoms with Crippen molar-refractivity contribution in [3.05, 3.63) is 24.3 Å². The topological polar surface area (TPSA) is 67.9 Å². The fraction of sp³-hybridized carbons (Fsp3) is 0.579. The first-order valence-corrected chi connectivity index (χ1v) is 8.85. The number of nitrogens with one attached hydrogen (secondary N) is 1. The summed E-state index contributed by atoms with van der Waals surface area (Å²) in [4.78, 5) is 27.3. The van der Waals surface area contributed by atoms with Crippen molar-refractivity contribution >= 4 is 17.5 Å². The van der Waals surface area contributed by atoms with Crippen LogP contribution >= 0.6 is 0 Å². The highest BCUT2D eigenvalue weighted by Gasteiger charge is 2.45. The molecule has 3 rings (SSSR count). The van der Waals surface area contributed by atoms with Gasteiger partial charge in [0.05, 0.1) is 19.1 Å². The van der Waals surface area contributed by atoms with Crippen LogP contribution in [0.25, 0.3) is 0 Å². The van der Waals surface area contributed by atoms with Crippen LogP contribution < -0.4 is 15.0 Å². The Hall–Kier alpha value is -2.08. The zero-order chi connectivity index (χ0) is 17.9. The van der Waals surface area contributed by atoms with Crippen LogP contribution in [0.5, 0.6) is 5.75 Å². The molecule has 0 radical (unpaired) electrons. The number of nitrogens with zero attached hydrogens (tertiary/aromatic N) is 1. The highest BCUT2D eigenvalue weighted by Crippen LogP contribution is 2.41.